The molecule has 0 bridgehead atoms. The van der Waals surface area contributed by atoms with Gasteiger partial charge < -0.3 is 13.7 Å². The molecule has 1 aliphatic rings. The summed E-state index contributed by atoms with van der Waals surface area (Å²) in [7, 11) is -1.90. The van der Waals surface area contributed by atoms with Crippen molar-refractivity contribution in [1.29, 1.82) is 0 Å². The maximum Gasteiger partial charge on any atom is 0.233 e. The molecule has 150 valence electrons. The highest BCUT2D eigenvalue weighted by Gasteiger charge is 2.51. The Morgan fingerprint density at radius 2 is 1.86 bits per heavy atom. The molecule has 1 saturated heterocycles. The Labute approximate surface area is 169 Å². The second-order valence-electron chi connectivity index (χ2n) is 9.10. The minimum Gasteiger partial charge on any atom is -0.467 e. The summed E-state index contributed by atoms with van der Waals surface area (Å²) in [6.07, 6.45) is 1.66. The third-order valence-corrected chi connectivity index (χ3v) is 10.6. The molecule has 0 N–H and O–H groups in total. The smallest absolute Gasteiger partial charge is 0.233 e. The predicted octanol–water partition coefficient (Wildman–Crippen LogP) is 5.56. The lowest BCUT2D eigenvalue weighted by Gasteiger charge is -2.47. The van der Waals surface area contributed by atoms with Gasteiger partial charge in [0.25, 0.3) is 0 Å². The van der Waals surface area contributed by atoms with Gasteiger partial charge in [0.15, 0.2) is 8.32 Å². The van der Waals surface area contributed by atoms with Gasteiger partial charge in [-0.3, -0.25) is 4.79 Å². The monoisotopic (exact) mass is 397 g/mol. The van der Waals surface area contributed by atoms with Crippen molar-refractivity contribution in [3.8, 4) is 0 Å². The van der Waals surface area contributed by atoms with Crippen LogP contribution in [-0.2, 0) is 15.8 Å². The van der Waals surface area contributed by atoms with Crippen LogP contribution in [0.15, 0.2) is 65.3 Å². The summed E-state index contributed by atoms with van der Waals surface area (Å²) in [5.41, 5.74) is 1.94. The van der Waals surface area contributed by atoms with Crippen LogP contribution in [0.2, 0.25) is 18.1 Å². The molecule has 0 radical (unpaired) electrons. The largest absolute Gasteiger partial charge is 0.467 e. The van der Waals surface area contributed by atoms with Crippen molar-refractivity contribution in [2.45, 2.75) is 51.5 Å². The van der Waals surface area contributed by atoms with Gasteiger partial charge in [-0.15, -0.1) is 0 Å². The van der Waals surface area contributed by atoms with Gasteiger partial charge in [-0.05, 0) is 41.4 Å². The van der Waals surface area contributed by atoms with Crippen LogP contribution in [0.25, 0.3) is 0 Å². The Balaban J connectivity index is 1.75. The van der Waals surface area contributed by atoms with Crippen molar-refractivity contribution in [1.82, 2.24) is 4.90 Å². The molecular formula is C23H31NO3Si. The van der Waals surface area contributed by atoms with Crippen molar-refractivity contribution in [2.24, 2.45) is 5.92 Å². The summed E-state index contributed by atoms with van der Waals surface area (Å²) in [6, 6.07) is 13.7. The zero-order chi connectivity index (χ0) is 20.5. The van der Waals surface area contributed by atoms with Crippen LogP contribution in [-0.4, -0.2) is 25.7 Å². The first-order valence-electron chi connectivity index (χ1n) is 9.81. The Kier molecular flexibility index (Phi) is 5.68. The highest BCUT2D eigenvalue weighted by molar-refractivity contribution is 6.74. The summed E-state index contributed by atoms with van der Waals surface area (Å²) in [5, 5.41) is 0.122. The number of rotatable bonds is 7. The van der Waals surface area contributed by atoms with Crippen LogP contribution in [0.1, 0.15) is 38.1 Å². The molecule has 0 unspecified atom stereocenters. The van der Waals surface area contributed by atoms with Gasteiger partial charge in [0.05, 0.1) is 18.8 Å². The molecule has 2 aromatic rings. The molecule has 0 spiro atoms. The number of hydrogen-bond donors (Lipinski definition) is 0. The molecule has 1 aliphatic heterocycles. The number of hydrogen-bond acceptors (Lipinski definition) is 3. The Bertz CT molecular complexity index is 821. The van der Waals surface area contributed by atoms with Crippen LogP contribution >= 0.6 is 0 Å². The van der Waals surface area contributed by atoms with E-state index in [4.69, 9.17) is 8.84 Å². The SMILES string of the molecule is C=C(CO[Si](C)(C)C(C)(C)C)[C@H]1C(=O)N(Cc2ccccc2)[C@@H]1c1ccco1. The van der Waals surface area contributed by atoms with Crippen LogP contribution < -0.4 is 0 Å². The fraction of sp³-hybridized carbons (Fsp3) is 0.435. The minimum atomic E-state index is -1.90. The van der Waals surface area contributed by atoms with E-state index in [1.807, 2.05) is 47.4 Å². The number of nitrogens with zero attached hydrogens (tertiary/aromatic N) is 1. The Morgan fingerprint density at radius 1 is 1.18 bits per heavy atom. The second-order valence-corrected chi connectivity index (χ2v) is 13.9. The molecule has 0 aliphatic carbocycles. The molecule has 4 nitrogen and oxygen atoms in total. The maximum atomic E-state index is 13.0. The third kappa shape index (κ3) is 4.01. The van der Waals surface area contributed by atoms with Crippen molar-refractivity contribution >= 4 is 14.2 Å². The van der Waals surface area contributed by atoms with E-state index in [0.717, 1.165) is 16.9 Å². The van der Waals surface area contributed by atoms with Crippen LogP contribution in [0, 0.1) is 5.92 Å². The van der Waals surface area contributed by atoms with Crippen LogP contribution in [0.3, 0.4) is 0 Å². The fourth-order valence-corrected chi connectivity index (χ4v) is 4.24. The number of likely N-dealkylation sites (tertiary alicyclic amines) is 1. The topological polar surface area (TPSA) is 42.7 Å². The van der Waals surface area contributed by atoms with Gasteiger partial charge in [-0.1, -0.05) is 57.7 Å². The van der Waals surface area contributed by atoms with E-state index in [0.29, 0.717) is 13.2 Å². The first kappa shape index (κ1) is 20.6. The van der Waals surface area contributed by atoms with E-state index in [1.54, 1.807) is 6.26 Å². The fourth-order valence-electron chi connectivity index (χ4n) is 3.26. The molecule has 5 heteroatoms. The number of carbonyl (C=O) groups excluding carboxylic acids is 1. The summed E-state index contributed by atoms with van der Waals surface area (Å²) in [4.78, 5) is 14.9. The summed E-state index contributed by atoms with van der Waals surface area (Å²) >= 11 is 0. The summed E-state index contributed by atoms with van der Waals surface area (Å²) in [5.74, 6) is 0.600. The van der Waals surface area contributed by atoms with E-state index < -0.39 is 8.32 Å². The average Bonchev–Trinajstić information content (AvgIpc) is 3.15. The van der Waals surface area contributed by atoms with Gasteiger partial charge >= 0.3 is 0 Å². The Morgan fingerprint density at radius 3 is 2.43 bits per heavy atom. The number of β-lactam (4-membered cyclic amide) rings is 1. The van der Waals surface area contributed by atoms with E-state index in [2.05, 4.69) is 40.4 Å². The number of carbonyl (C=O) groups is 1. The van der Waals surface area contributed by atoms with Crippen molar-refractivity contribution < 1.29 is 13.6 Å². The van der Waals surface area contributed by atoms with E-state index in [9.17, 15) is 4.79 Å². The molecule has 3 rings (SSSR count). The molecule has 0 saturated carbocycles. The molecule has 2 heterocycles. The van der Waals surface area contributed by atoms with Crippen LogP contribution in [0.4, 0.5) is 0 Å². The quantitative estimate of drug-likeness (QED) is 0.349. The number of furan rings is 1. The van der Waals surface area contributed by atoms with Crippen molar-refractivity contribution in [3.05, 3.63) is 72.2 Å². The predicted molar refractivity (Wildman–Crippen MR) is 114 cm³/mol. The lowest BCUT2D eigenvalue weighted by molar-refractivity contribution is -0.156. The number of amides is 1. The van der Waals surface area contributed by atoms with E-state index in [-0.39, 0.29) is 22.9 Å². The standard InChI is InChI=1S/C23H31NO3Si/c1-17(16-27-28(5,6)23(2,3)4)20-21(19-13-10-14-26-19)24(22(20)25)15-18-11-8-7-9-12-18/h7-14,20-21H,1,15-16H2,2-6H3/t20-,21-/m1/s1. The first-order chi connectivity index (χ1) is 13.1. The Hall–Kier alpha value is -2.11. The van der Waals surface area contributed by atoms with Gasteiger partial charge in [-0.25, -0.2) is 0 Å². The third-order valence-electron chi connectivity index (χ3n) is 6.10. The van der Waals surface area contributed by atoms with Crippen LogP contribution in [0.5, 0.6) is 0 Å². The van der Waals surface area contributed by atoms with E-state index >= 15 is 0 Å². The molecule has 1 amide bonds. The zero-order valence-corrected chi connectivity index (χ0v) is 18.6. The molecule has 28 heavy (non-hydrogen) atoms. The van der Waals surface area contributed by atoms with Gasteiger partial charge in [0.1, 0.15) is 11.8 Å². The van der Waals surface area contributed by atoms with Gasteiger partial charge in [-0.2, -0.15) is 0 Å². The highest BCUT2D eigenvalue weighted by atomic mass is 28.4. The summed E-state index contributed by atoms with van der Waals surface area (Å²) < 4.78 is 12.0. The lowest BCUT2D eigenvalue weighted by atomic mass is 9.80. The molecule has 1 aromatic heterocycles. The highest BCUT2D eigenvalue weighted by Crippen LogP contribution is 2.45. The second kappa shape index (κ2) is 7.72. The van der Waals surface area contributed by atoms with Gasteiger partial charge in [0.2, 0.25) is 5.91 Å². The number of benzene rings is 1. The lowest BCUT2D eigenvalue weighted by Crippen LogP contribution is -2.55. The molecule has 2 atom stereocenters. The molecular weight excluding hydrogens is 366 g/mol. The maximum absolute atomic E-state index is 13.0. The van der Waals surface area contributed by atoms with Crippen molar-refractivity contribution in [3.63, 3.8) is 0 Å². The average molecular weight is 398 g/mol. The van der Waals surface area contributed by atoms with Crippen molar-refractivity contribution in [2.75, 3.05) is 6.61 Å². The molecule has 1 aromatic carbocycles. The zero-order valence-electron chi connectivity index (χ0n) is 17.6. The van der Waals surface area contributed by atoms with E-state index in [1.165, 1.54) is 0 Å². The normalized spacial score (nSPS) is 20.2. The molecule has 1 fully saturated rings. The first-order valence-corrected chi connectivity index (χ1v) is 12.7. The summed E-state index contributed by atoms with van der Waals surface area (Å²) in [6.45, 7) is 16.3. The minimum absolute atomic E-state index is 0.0917. The van der Waals surface area contributed by atoms with Gasteiger partial charge in [0, 0.05) is 6.54 Å².